The van der Waals surface area contributed by atoms with Crippen LogP contribution >= 0.6 is 0 Å². The van der Waals surface area contributed by atoms with Crippen LogP contribution in [0.25, 0.3) is 11.4 Å². The van der Waals surface area contributed by atoms with Crippen LogP contribution in [0.4, 0.5) is 0 Å². The molecule has 1 aromatic carbocycles. The average Bonchev–Trinajstić information content (AvgIpc) is 2.47. The van der Waals surface area contributed by atoms with Crippen LogP contribution in [0, 0.1) is 0 Å². The maximum atomic E-state index is 8.76. The van der Waals surface area contributed by atoms with Gasteiger partial charge in [0.05, 0.1) is 18.4 Å². The van der Waals surface area contributed by atoms with E-state index in [4.69, 9.17) is 9.94 Å². The third-order valence-electron chi connectivity index (χ3n) is 2.51. The van der Waals surface area contributed by atoms with Gasteiger partial charge in [0.25, 0.3) is 0 Å². The standard InChI is InChI=1S/C13H14N4O2/c1-3-19-12-7-5-4-6-10(12)13-15-11(8-14-16-13)9(2)17-18/h4-8,18H,3H2,1-2H3. The maximum Gasteiger partial charge on any atom is 0.186 e. The van der Waals surface area contributed by atoms with Gasteiger partial charge in [-0.1, -0.05) is 17.3 Å². The number of aromatic nitrogens is 3. The first-order chi connectivity index (χ1) is 9.26. The summed E-state index contributed by atoms with van der Waals surface area (Å²) in [5.41, 5.74) is 1.60. The Morgan fingerprint density at radius 2 is 2.16 bits per heavy atom. The third-order valence-corrected chi connectivity index (χ3v) is 2.51. The number of hydrogen-bond acceptors (Lipinski definition) is 6. The van der Waals surface area contributed by atoms with E-state index >= 15 is 0 Å². The summed E-state index contributed by atoms with van der Waals surface area (Å²) < 4.78 is 5.53. The zero-order valence-corrected chi connectivity index (χ0v) is 10.7. The molecule has 1 N–H and O–H groups in total. The molecule has 0 saturated carbocycles. The topological polar surface area (TPSA) is 80.5 Å². The number of oxime groups is 1. The van der Waals surface area contributed by atoms with Crippen molar-refractivity contribution in [2.24, 2.45) is 5.16 Å². The smallest absolute Gasteiger partial charge is 0.186 e. The van der Waals surface area contributed by atoms with Crippen LogP contribution in [0.15, 0.2) is 35.6 Å². The van der Waals surface area contributed by atoms with Crippen molar-refractivity contribution in [2.45, 2.75) is 13.8 Å². The highest BCUT2D eigenvalue weighted by atomic mass is 16.5. The zero-order chi connectivity index (χ0) is 13.7. The Kier molecular flexibility index (Phi) is 4.02. The molecule has 98 valence electrons. The van der Waals surface area contributed by atoms with Gasteiger partial charge < -0.3 is 9.94 Å². The number of benzene rings is 1. The Bertz CT molecular complexity index is 599. The van der Waals surface area contributed by atoms with Crippen LogP contribution in [0.3, 0.4) is 0 Å². The Balaban J connectivity index is 2.47. The van der Waals surface area contributed by atoms with Gasteiger partial charge >= 0.3 is 0 Å². The summed E-state index contributed by atoms with van der Waals surface area (Å²) in [6, 6.07) is 7.46. The molecule has 0 atom stereocenters. The molecule has 0 aliphatic carbocycles. The van der Waals surface area contributed by atoms with Gasteiger partial charge in [-0.25, -0.2) is 4.98 Å². The second-order valence-electron chi connectivity index (χ2n) is 3.78. The lowest BCUT2D eigenvalue weighted by molar-refractivity contribution is 0.319. The highest BCUT2D eigenvalue weighted by Crippen LogP contribution is 2.26. The summed E-state index contributed by atoms with van der Waals surface area (Å²) in [5, 5.41) is 19.7. The fourth-order valence-corrected chi connectivity index (χ4v) is 1.58. The monoisotopic (exact) mass is 258 g/mol. The van der Waals surface area contributed by atoms with Crippen LogP contribution in [0.5, 0.6) is 5.75 Å². The Morgan fingerprint density at radius 3 is 2.89 bits per heavy atom. The van der Waals surface area contributed by atoms with Gasteiger partial charge in [-0.15, -0.1) is 5.10 Å². The Hall–Kier alpha value is -2.50. The molecule has 0 aliphatic rings. The molecule has 1 aromatic heterocycles. The molecule has 0 amide bonds. The van der Waals surface area contributed by atoms with Gasteiger partial charge in [0.2, 0.25) is 0 Å². The zero-order valence-electron chi connectivity index (χ0n) is 10.7. The van der Waals surface area contributed by atoms with E-state index in [1.165, 1.54) is 6.20 Å². The number of nitrogens with zero attached hydrogens (tertiary/aromatic N) is 4. The van der Waals surface area contributed by atoms with Crippen LogP contribution in [0.1, 0.15) is 19.5 Å². The van der Waals surface area contributed by atoms with Crippen molar-refractivity contribution in [3.8, 4) is 17.1 Å². The average molecular weight is 258 g/mol. The van der Waals surface area contributed by atoms with Gasteiger partial charge in [0.15, 0.2) is 5.82 Å². The molecule has 6 nitrogen and oxygen atoms in total. The highest BCUT2D eigenvalue weighted by molar-refractivity contribution is 5.96. The molecule has 2 rings (SSSR count). The van der Waals surface area contributed by atoms with Gasteiger partial charge in [-0.2, -0.15) is 5.10 Å². The van der Waals surface area contributed by atoms with E-state index in [1.54, 1.807) is 6.92 Å². The minimum absolute atomic E-state index is 0.380. The van der Waals surface area contributed by atoms with Gasteiger partial charge in [-0.05, 0) is 26.0 Å². The fourth-order valence-electron chi connectivity index (χ4n) is 1.58. The van der Waals surface area contributed by atoms with E-state index in [2.05, 4.69) is 20.3 Å². The molecule has 0 saturated heterocycles. The summed E-state index contributed by atoms with van der Waals surface area (Å²) in [6.45, 7) is 4.11. The first kappa shape index (κ1) is 12.9. The number of hydrogen-bond donors (Lipinski definition) is 1. The molecule has 6 heteroatoms. The van der Waals surface area contributed by atoms with E-state index in [0.29, 0.717) is 29.6 Å². The Morgan fingerprint density at radius 1 is 1.37 bits per heavy atom. The molecule has 2 aromatic rings. The first-order valence-corrected chi connectivity index (χ1v) is 5.87. The molecular formula is C13H14N4O2. The van der Waals surface area contributed by atoms with Crippen molar-refractivity contribution in [3.63, 3.8) is 0 Å². The molecule has 0 fully saturated rings. The molecule has 0 bridgehead atoms. The predicted molar refractivity (Wildman–Crippen MR) is 70.4 cm³/mol. The van der Waals surface area contributed by atoms with Crippen molar-refractivity contribution in [2.75, 3.05) is 6.61 Å². The van der Waals surface area contributed by atoms with E-state index < -0.39 is 0 Å². The van der Waals surface area contributed by atoms with Crippen LogP contribution in [0.2, 0.25) is 0 Å². The van der Waals surface area contributed by atoms with Crippen molar-refractivity contribution in [1.82, 2.24) is 15.2 Å². The van der Waals surface area contributed by atoms with E-state index in [0.717, 1.165) is 5.56 Å². The molecule has 0 radical (unpaired) electrons. The van der Waals surface area contributed by atoms with Crippen LogP contribution < -0.4 is 4.74 Å². The number of para-hydroxylation sites is 1. The van der Waals surface area contributed by atoms with Gasteiger partial charge in [-0.3, -0.25) is 0 Å². The maximum absolute atomic E-state index is 8.76. The molecule has 0 spiro atoms. The Labute approximate surface area is 110 Å². The predicted octanol–water partition coefficient (Wildman–Crippen LogP) is 2.14. The molecule has 0 aliphatic heterocycles. The summed E-state index contributed by atoms with van der Waals surface area (Å²) in [7, 11) is 0. The van der Waals surface area contributed by atoms with Crippen molar-refractivity contribution in [3.05, 3.63) is 36.2 Å². The number of ether oxygens (including phenoxy) is 1. The van der Waals surface area contributed by atoms with E-state index in [1.807, 2.05) is 31.2 Å². The quantitative estimate of drug-likeness (QED) is 0.516. The molecule has 1 heterocycles. The van der Waals surface area contributed by atoms with E-state index in [9.17, 15) is 0 Å². The van der Waals surface area contributed by atoms with Crippen LogP contribution in [-0.4, -0.2) is 32.7 Å². The van der Waals surface area contributed by atoms with Crippen LogP contribution in [-0.2, 0) is 0 Å². The first-order valence-electron chi connectivity index (χ1n) is 5.87. The van der Waals surface area contributed by atoms with E-state index in [-0.39, 0.29) is 0 Å². The normalized spacial score (nSPS) is 11.4. The number of rotatable bonds is 4. The van der Waals surface area contributed by atoms with Gasteiger partial charge in [0.1, 0.15) is 17.2 Å². The largest absolute Gasteiger partial charge is 0.493 e. The van der Waals surface area contributed by atoms with Crippen molar-refractivity contribution in [1.29, 1.82) is 0 Å². The molecular weight excluding hydrogens is 244 g/mol. The molecule has 0 unspecified atom stereocenters. The highest BCUT2D eigenvalue weighted by Gasteiger charge is 2.11. The van der Waals surface area contributed by atoms with Crippen molar-refractivity contribution >= 4 is 5.71 Å². The SMILES string of the molecule is CCOc1ccccc1-c1nncc(C(C)=NO)n1. The molecule has 19 heavy (non-hydrogen) atoms. The lowest BCUT2D eigenvalue weighted by Crippen LogP contribution is -2.04. The fraction of sp³-hybridized carbons (Fsp3) is 0.231. The third kappa shape index (κ3) is 2.85. The second kappa shape index (κ2) is 5.90. The summed E-state index contributed by atoms with van der Waals surface area (Å²) in [5.74, 6) is 1.13. The second-order valence-corrected chi connectivity index (χ2v) is 3.78. The summed E-state index contributed by atoms with van der Waals surface area (Å²) >= 11 is 0. The minimum atomic E-state index is 0.380. The summed E-state index contributed by atoms with van der Waals surface area (Å²) in [4.78, 5) is 4.31. The summed E-state index contributed by atoms with van der Waals surface area (Å²) in [6.07, 6.45) is 1.45. The minimum Gasteiger partial charge on any atom is -0.493 e. The van der Waals surface area contributed by atoms with Crippen molar-refractivity contribution < 1.29 is 9.94 Å². The lowest BCUT2D eigenvalue weighted by atomic mass is 10.2. The lowest BCUT2D eigenvalue weighted by Gasteiger charge is -2.08. The van der Waals surface area contributed by atoms with Gasteiger partial charge in [0, 0.05) is 0 Å².